The van der Waals surface area contributed by atoms with Gasteiger partial charge in [0.05, 0.1) is 6.10 Å². The Morgan fingerprint density at radius 3 is 2.59 bits per heavy atom. The largest absolute Gasteiger partial charge is 0.392 e. The molecule has 0 heterocycles. The highest BCUT2D eigenvalue weighted by Crippen LogP contribution is 2.21. The van der Waals surface area contributed by atoms with Crippen molar-refractivity contribution in [1.29, 1.82) is 0 Å². The van der Waals surface area contributed by atoms with E-state index in [-0.39, 0.29) is 12.1 Å². The first-order valence-electron chi connectivity index (χ1n) is 6.76. The quantitative estimate of drug-likeness (QED) is 0.787. The summed E-state index contributed by atoms with van der Waals surface area (Å²) in [5, 5.41) is 13.7. The molecule has 1 aliphatic carbocycles. The van der Waals surface area contributed by atoms with Crippen molar-refractivity contribution in [2.45, 2.75) is 57.2 Å². The fourth-order valence-electron chi connectivity index (χ4n) is 2.64. The lowest BCUT2D eigenvalue weighted by atomic mass is 10.0. The molecule has 0 aliphatic heterocycles. The molecule has 0 aromatic heterocycles. The Bertz CT molecular complexity index is 325. The molecule has 1 aliphatic rings. The molecule has 1 saturated carbocycles. The monoisotopic (exact) mass is 233 g/mol. The molecule has 2 rings (SSSR count). The Hall–Kier alpha value is -0.860. The number of hydrogen-bond acceptors (Lipinski definition) is 2. The van der Waals surface area contributed by atoms with E-state index >= 15 is 0 Å². The zero-order valence-corrected chi connectivity index (χ0v) is 10.6. The van der Waals surface area contributed by atoms with Crippen molar-refractivity contribution in [1.82, 2.24) is 5.32 Å². The standard InChI is InChI=1S/C15H23NO/c1-12(13-8-4-2-5-9-13)16-14-10-6-3-7-11-15(14)17/h2,4-5,8-9,12,14-17H,3,6-7,10-11H2,1H3/t12-,14-,15-/m0/s1. The average Bonchev–Trinajstić information content (AvgIpc) is 2.56. The van der Waals surface area contributed by atoms with Crippen LogP contribution in [0.3, 0.4) is 0 Å². The smallest absolute Gasteiger partial charge is 0.0693 e. The lowest BCUT2D eigenvalue weighted by Crippen LogP contribution is -2.40. The highest BCUT2D eigenvalue weighted by molar-refractivity contribution is 5.18. The second-order valence-corrected chi connectivity index (χ2v) is 5.11. The van der Waals surface area contributed by atoms with E-state index in [4.69, 9.17) is 0 Å². The molecule has 2 heteroatoms. The van der Waals surface area contributed by atoms with Crippen LogP contribution in [0.2, 0.25) is 0 Å². The second-order valence-electron chi connectivity index (χ2n) is 5.11. The first kappa shape index (κ1) is 12.6. The summed E-state index contributed by atoms with van der Waals surface area (Å²) in [4.78, 5) is 0. The zero-order chi connectivity index (χ0) is 12.1. The van der Waals surface area contributed by atoms with E-state index in [0.717, 1.165) is 12.8 Å². The van der Waals surface area contributed by atoms with Crippen LogP contribution in [-0.4, -0.2) is 17.3 Å². The third-order valence-electron chi connectivity index (χ3n) is 3.74. The Morgan fingerprint density at radius 2 is 1.82 bits per heavy atom. The van der Waals surface area contributed by atoms with E-state index < -0.39 is 0 Å². The van der Waals surface area contributed by atoms with Crippen molar-refractivity contribution < 1.29 is 5.11 Å². The number of aliphatic hydroxyl groups is 1. The summed E-state index contributed by atoms with van der Waals surface area (Å²) in [7, 11) is 0. The highest BCUT2D eigenvalue weighted by Gasteiger charge is 2.22. The second kappa shape index (κ2) is 6.18. The minimum atomic E-state index is -0.177. The summed E-state index contributed by atoms with van der Waals surface area (Å²) >= 11 is 0. The Balaban J connectivity index is 1.95. The van der Waals surface area contributed by atoms with Crippen molar-refractivity contribution >= 4 is 0 Å². The van der Waals surface area contributed by atoms with Crippen LogP contribution in [0.15, 0.2) is 30.3 Å². The van der Waals surface area contributed by atoms with Crippen molar-refractivity contribution in [2.75, 3.05) is 0 Å². The summed E-state index contributed by atoms with van der Waals surface area (Å²) in [6.07, 6.45) is 5.52. The molecule has 0 saturated heterocycles. The lowest BCUT2D eigenvalue weighted by Gasteiger charge is -2.26. The maximum atomic E-state index is 10.1. The zero-order valence-electron chi connectivity index (χ0n) is 10.6. The van der Waals surface area contributed by atoms with Crippen LogP contribution in [0.4, 0.5) is 0 Å². The SMILES string of the molecule is C[C@H](N[C@H]1CCCCC[C@@H]1O)c1ccccc1. The number of rotatable bonds is 3. The fourth-order valence-corrected chi connectivity index (χ4v) is 2.64. The molecule has 0 bridgehead atoms. The molecule has 0 amide bonds. The molecule has 3 atom stereocenters. The Labute approximate surface area is 104 Å². The van der Waals surface area contributed by atoms with Crippen molar-refractivity contribution in [3.05, 3.63) is 35.9 Å². The van der Waals surface area contributed by atoms with E-state index in [1.54, 1.807) is 0 Å². The van der Waals surface area contributed by atoms with Gasteiger partial charge in [-0.05, 0) is 25.3 Å². The highest BCUT2D eigenvalue weighted by atomic mass is 16.3. The third-order valence-corrected chi connectivity index (χ3v) is 3.74. The molecule has 94 valence electrons. The molecule has 0 radical (unpaired) electrons. The molecule has 17 heavy (non-hydrogen) atoms. The maximum absolute atomic E-state index is 10.1. The number of nitrogens with one attached hydrogen (secondary N) is 1. The van der Waals surface area contributed by atoms with E-state index in [9.17, 15) is 5.11 Å². The molecule has 1 aromatic rings. The first-order chi connectivity index (χ1) is 8.27. The van der Waals surface area contributed by atoms with Gasteiger partial charge in [-0.25, -0.2) is 0 Å². The molecular formula is C15H23NO. The van der Waals surface area contributed by atoms with E-state index in [2.05, 4.69) is 36.5 Å². The van der Waals surface area contributed by atoms with Gasteiger partial charge in [-0.3, -0.25) is 0 Å². The van der Waals surface area contributed by atoms with Gasteiger partial charge in [-0.15, -0.1) is 0 Å². The summed E-state index contributed by atoms with van der Waals surface area (Å²) in [5.41, 5.74) is 1.30. The topological polar surface area (TPSA) is 32.3 Å². The van der Waals surface area contributed by atoms with Gasteiger partial charge in [-0.2, -0.15) is 0 Å². The van der Waals surface area contributed by atoms with Crippen LogP contribution in [0.25, 0.3) is 0 Å². The average molecular weight is 233 g/mol. The Kier molecular flexibility index (Phi) is 4.57. The van der Waals surface area contributed by atoms with Gasteiger partial charge in [0, 0.05) is 12.1 Å². The van der Waals surface area contributed by atoms with Crippen molar-refractivity contribution in [3.8, 4) is 0 Å². The molecule has 1 aromatic carbocycles. The number of hydrogen-bond donors (Lipinski definition) is 2. The van der Waals surface area contributed by atoms with Crippen LogP contribution in [-0.2, 0) is 0 Å². The molecular weight excluding hydrogens is 210 g/mol. The molecule has 1 fully saturated rings. The summed E-state index contributed by atoms with van der Waals surface area (Å²) in [5.74, 6) is 0. The molecule has 2 N–H and O–H groups in total. The van der Waals surface area contributed by atoms with Crippen molar-refractivity contribution in [2.24, 2.45) is 0 Å². The molecule has 0 unspecified atom stereocenters. The van der Waals surface area contributed by atoms with Crippen LogP contribution in [0, 0.1) is 0 Å². The minimum Gasteiger partial charge on any atom is -0.392 e. The predicted octanol–water partition coefficient (Wildman–Crippen LogP) is 3.03. The third kappa shape index (κ3) is 3.55. The predicted molar refractivity (Wildman–Crippen MR) is 70.9 cm³/mol. The van der Waals surface area contributed by atoms with Gasteiger partial charge >= 0.3 is 0 Å². The normalized spacial score (nSPS) is 27.4. The van der Waals surface area contributed by atoms with Gasteiger partial charge in [0.1, 0.15) is 0 Å². The first-order valence-corrected chi connectivity index (χ1v) is 6.76. The van der Waals surface area contributed by atoms with Gasteiger partial charge < -0.3 is 10.4 Å². The van der Waals surface area contributed by atoms with E-state index in [0.29, 0.717) is 6.04 Å². The van der Waals surface area contributed by atoms with Gasteiger partial charge in [0.15, 0.2) is 0 Å². The van der Waals surface area contributed by atoms with Crippen LogP contribution < -0.4 is 5.32 Å². The number of aliphatic hydroxyl groups excluding tert-OH is 1. The molecule has 2 nitrogen and oxygen atoms in total. The van der Waals surface area contributed by atoms with Crippen molar-refractivity contribution in [3.63, 3.8) is 0 Å². The maximum Gasteiger partial charge on any atom is 0.0693 e. The lowest BCUT2D eigenvalue weighted by molar-refractivity contribution is 0.115. The van der Waals surface area contributed by atoms with Crippen LogP contribution in [0.5, 0.6) is 0 Å². The van der Waals surface area contributed by atoms with Crippen LogP contribution in [0.1, 0.15) is 50.6 Å². The van der Waals surface area contributed by atoms with Crippen LogP contribution >= 0.6 is 0 Å². The van der Waals surface area contributed by atoms with Gasteiger partial charge in [-0.1, -0.05) is 49.6 Å². The van der Waals surface area contributed by atoms with E-state index in [1.807, 2.05) is 6.07 Å². The molecule has 0 spiro atoms. The summed E-state index contributed by atoms with van der Waals surface area (Å²) in [6, 6.07) is 11.0. The fraction of sp³-hybridized carbons (Fsp3) is 0.600. The summed E-state index contributed by atoms with van der Waals surface area (Å²) < 4.78 is 0. The summed E-state index contributed by atoms with van der Waals surface area (Å²) in [6.45, 7) is 2.17. The van der Waals surface area contributed by atoms with E-state index in [1.165, 1.54) is 24.8 Å². The van der Waals surface area contributed by atoms with Gasteiger partial charge in [0.2, 0.25) is 0 Å². The van der Waals surface area contributed by atoms with Gasteiger partial charge in [0.25, 0.3) is 0 Å². The minimum absolute atomic E-state index is 0.177. The number of benzene rings is 1. The Morgan fingerprint density at radius 1 is 1.12 bits per heavy atom.